The molecule has 0 bridgehead atoms. The highest BCUT2D eigenvalue weighted by Gasteiger charge is 2.43. The number of alkyl halides is 3. The number of nitrogens with one attached hydrogen (secondary N) is 1. The number of hydrogen-bond donors (Lipinski definition) is 1. The molecule has 1 saturated carbocycles. The monoisotopic (exact) mass is 340 g/mol. The van der Waals surface area contributed by atoms with Crippen LogP contribution in [-0.2, 0) is 11.2 Å². The van der Waals surface area contributed by atoms with Gasteiger partial charge in [-0.15, -0.1) is 0 Å². The first-order valence-electron chi connectivity index (χ1n) is 8.64. The normalized spacial score (nSPS) is 23.9. The van der Waals surface area contributed by atoms with Crippen LogP contribution in [-0.4, -0.2) is 25.2 Å². The third-order valence-corrected chi connectivity index (χ3v) is 5.23. The number of fused-ring (bicyclic) bond motifs is 1. The lowest BCUT2D eigenvalue weighted by atomic mass is 9.80. The number of hydrogen-bond acceptors (Lipinski definition) is 2. The number of carbonyl (C=O) groups is 1. The minimum atomic E-state index is -4.20. The summed E-state index contributed by atoms with van der Waals surface area (Å²) in [6, 6.07) is 5.79. The summed E-state index contributed by atoms with van der Waals surface area (Å²) < 4.78 is 38.7. The fourth-order valence-electron chi connectivity index (χ4n) is 3.82. The predicted molar refractivity (Wildman–Crippen MR) is 88.2 cm³/mol. The third-order valence-electron chi connectivity index (χ3n) is 5.23. The van der Waals surface area contributed by atoms with Gasteiger partial charge in [0, 0.05) is 30.4 Å². The van der Waals surface area contributed by atoms with E-state index in [4.69, 9.17) is 0 Å². The van der Waals surface area contributed by atoms with Crippen molar-refractivity contribution >= 4 is 17.3 Å². The van der Waals surface area contributed by atoms with Gasteiger partial charge in [-0.2, -0.15) is 13.2 Å². The number of carbonyl (C=O) groups excluding carboxylic acids is 1. The predicted octanol–water partition coefficient (Wildman–Crippen LogP) is 4.38. The van der Waals surface area contributed by atoms with E-state index < -0.39 is 18.0 Å². The van der Waals surface area contributed by atoms with Crippen molar-refractivity contribution in [2.45, 2.75) is 45.2 Å². The van der Waals surface area contributed by atoms with E-state index in [0.29, 0.717) is 18.5 Å². The number of likely N-dealkylation sites (N-methyl/N-ethyl adjacent to an activating group) is 1. The molecule has 1 fully saturated rings. The molecule has 1 N–H and O–H groups in total. The summed E-state index contributed by atoms with van der Waals surface area (Å²) in [6.07, 6.45) is -2.18. The molecule has 0 saturated heterocycles. The van der Waals surface area contributed by atoms with Crippen molar-refractivity contribution < 1.29 is 18.0 Å². The van der Waals surface area contributed by atoms with E-state index in [0.717, 1.165) is 25.2 Å². The summed E-state index contributed by atoms with van der Waals surface area (Å²) in [5.41, 5.74) is 3.05. The minimum absolute atomic E-state index is 0.0959. The molecule has 2 unspecified atom stereocenters. The molecular formula is C18H23F3N2O. The fourth-order valence-corrected chi connectivity index (χ4v) is 3.82. The van der Waals surface area contributed by atoms with Crippen LogP contribution in [0.2, 0.25) is 0 Å². The molecule has 24 heavy (non-hydrogen) atoms. The first kappa shape index (κ1) is 17.1. The van der Waals surface area contributed by atoms with Crippen LogP contribution in [0.15, 0.2) is 18.2 Å². The van der Waals surface area contributed by atoms with Crippen LogP contribution in [0.4, 0.5) is 24.5 Å². The maximum absolute atomic E-state index is 12.9. The quantitative estimate of drug-likeness (QED) is 0.886. The molecule has 1 heterocycles. The molecule has 1 aromatic rings. The Bertz CT molecular complexity index is 615. The van der Waals surface area contributed by atoms with Crippen LogP contribution in [0.25, 0.3) is 0 Å². The molecule has 1 aliphatic heterocycles. The second-order valence-electron chi connectivity index (χ2n) is 6.76. The van der Waals surface area contributed by atoms with E-state index in [9.17, 15) is 18.0 Å². The van der Waals surface area contributed by atoms with E-state index in [1.165, 1.54) is 5.56 Å². The fraction of sp³-hybridized carbons (Fsp3) is 0.611. The second-order valence-corrected chi connectivity index (χ2v) is 6.76. The first-order chi connectivity index (χ1) is 11.4. The zero-order valence-corrected chi connectivity index (χ0v) is 13.8. The smallest absolute Gasteiger partial charge is 0.371 e. The lowest BCUT2D eigenvalue weighted by molar-refractivity contribution is -0.185. The van der Waals surface area contributed by atoms with E-state index in [1.807, 2.05) is 18.2 Å². The molecule has 0 aromatic heterocycles. The molecule has 3 nitrogen and oxygen atoms in total. The maximum Gasteiger partial charge on any atom is 0.391 e. The molecule has 1 amide bonds. The summed E-state index contributed by atoms with van der Waals surface area (Å²) in [5.74, 6) is -2.19. The van der Waals surface area contributed by atoms with Gasteiger partial charge in [-0.25, -0.2) is 0 Å². The van der Waals surface area contributed by atoms with Gasteiger partial charge in [0.05, 0.1) is 5.92 Å². The Morgan fingerprint density at radius 2 is 2.12 bits per heavy atom. The molecular weight excluding hydrogens is 317 g/mol. The zero-order valence-electron chi connectivity index (χ0n) is 13.8. The molecule has 132 valence electrons. The summed E-state index contributed by atoms with van der Waals surface area (Å²) in [6.45, 7) is 3.96. The van der Waals surface area contributed by atoms with Gasteiger partial charge in [-0.05, 0) is 50.3 Å². The largest absolute Gasteiger partial charge is 0.391 e. The van der Waals surface area contributed by atoms with Gasteiger partial charge in [-0.1, -0.05) is 12.5 Å². The standard InChI is InChI=1S/C18H23F3N2O/c1-2-23-9-8-12-6-7-15(11-16(12)23)22-17(24)13-4-3-5-14(10-13)18(19,20)21/h6-7,11,13-14H,2-5,8-10H2,1H3,(H,22,24). The Morgan fingerprint density at radius 1 is 1.33 bits per heavy atom. The number of halogens is 3. The average molecular weight is 340 g/mol. The van der Waals surface area contributed by atoms with Crippen molar-refractivity contribution in [3.63, 3.8) is 0 Å². The van der Waals surface area contributed by atoms with Crippen LogP contribution < -0.4 is 10.2 Å². The van der Waals surface area contributed by atoms with Gasteiger partial charge >= 0.3 is 6.18 Å². The third kappa shape index (κ3) is 3.52. The van der Waals surface area contributed by atoms with Gasteiger partial charge in [0.1, 0.15) is 0 Å². The maximum atomic E-state index is 12.9. The van der Waals surface area contributed by atoms with Gasteiger partial charge in [-0.3, -0.25) is 4.79 Å². The number of rotatable bonds is 3. The van der Waals surface area contributed by atoms with Crippen molar-refractivity contribution in [1.29, 1.82) is 0 Å². The van der Waals surface area contributed by atoms with E-state index in [1.54, 1.807) is 0 Å². The highest BCUT2D eigenvalue weighted by molar-refractivity contribution is 5.93. The van der Waals surface area contributed by atoms with Gasteiger partial charge in [0.15, 0.2) is 0 Å². The molecule has 2 atom stereocenters. The van der Waals surface area contributed by atoms with Crippen molar-refractivity contribution in [2.24, 2.45) is 11.8 Å². The van der Waals surface area contributed by atoms with Crippen LogP contribution in [0, 0.1) is 11.8 Å². The van der Waals surface area contributed by atoms with Crippen molar-refractivity contribution in [3.05, 3.63) is 23.8 Å². The Balaban J connectivity index is 1.67. The number of nitrogens with zero attached hydrogens (tertiary/aromatic N) is 1. The molecule has 6 heteroatoms. The molecule has 2 aliphatic rings. The highest BCUT2D eigenvalue weighted by atomic mass is 19.4. The van der Waals surface area contributed by atoms with E-state index >= 15 is 0 Å². The number of amides is 1. The topological polar surface area (TPSA) is 32.3 Å². The van der Waals surface area contributed by atoms with Crippen molar-refractivity contribution in [2.75, 3.05) is 23.3 Å². The molecule has 3 rings (SSSR count). The van der Waals surface area contributed by atoms with Gasteiger partial charge in [0.25, 0.3) is 0 Å². The van der Waals surface area contributed by atoms with Gasteiger partial charge < -0.3 is 10.2 Å². The summed E-state index contributed by atoms with van der Waals surface area (Å²) in [7, 11) is 0. The minimum Gasteiger partial charge on any atom is -0.371 e. The Labute approximate surface area is 140 Å². The SMILES string of the molecule is CCN1CCc2ccc(NC(=O)C3CCCC(C(F)(F)F)C3)cc21. The first-order valence-corrected chi connectivity index (χ1v) is 8.64. The highest BCUT2D eigenvalue weighted by Crippen LogP contribution is 2.40. The van der Waals surface area contributed by atoms with Crippen molar-refractivity contribution in [3.8, 4) is 0 Å². The lowest BCUT2D eigenvalue weighted by Gasteiger charge is -2.29. The van der Waals surface area contributed by atoms with Crippen LogP contribution in [0.5, 0.6) is 0 Å². The lowest BCUT2D eigenvalue weighted by Crippen LogP contribution is -2.34. The average Bonchev–Trinajstić information content (AvgIpc) is 2.96. The Kier molecular flexibility index (Phi) is 4.74. The molecule has 0 spiro atoms. The Hall–Kier alpha value is -1.72. The summed E-state index contributed by atoms with van der Waals surface area (Å²) in [4.78, 5) is 14.6. The molecule has 1 aromatic carbocycles. The number of anilines is 2. The van der Waals surface area contributed by atoms with E-state index in [-0.39, 0.29) is 18.7 Å². The van der Waals surface area contributed by atoms with Crippen LogP contribution in [0.1, 0.15) is 38.2 Å². The summed E-state index contributed by atoms with van der Waals surface area (Å²) in [5, 5.41) is 2.83. The second kappa shape index (κ2) is 6.65. The van der Waals surface area contributed by atoms with Crippen LogP contribution >= 0.6 is 0 Å². The zero-order chi connectivity index (χ0) is 17.3. The molecule has 0 radical (unpaired) electrons. The van der Waals surface area contributed by atoms with E-state index in [2.05, 4.69) is 17.1 Å². The van der Waals surface area contributed by atoms with Crippen molar-refractivity contribution in [1.82, 2.24) is 0 Å². The number of benzene rings is 1. The molecule has 1 aliphatic carbocycles. The summed E-state index contributed by atoms with van der Waals surface area (Å²) >= 11 is 0. The Morgan fingerprint density at radius 3 is 2.83 bits per heavy atom. The van der Waals surface area contributed by atoms with Gasteiger partial charge in [0.2, 0.25) is 5.91 Å². The van der Waals surface area contributed by atoms with Crippen LogP contribution in [0.3, 0.4) is 0 Å².